The fraction of sp³-hybridized carbons (Fsp3) is 0.429. The third-order valence-electron chi connectivity index (χ3n) is 5.76. The molecule has 0 amide bonds. The quantitative estimate of drug-likeness (QED) is 0.850. The molecule has 1 heterocycles. The summed E-state index contributed by atoms with van der Waals surface area (Å²) in [5, 5.41) is 8.29. The molecule has 1 saturated carbocycles. The van der Waals surface area contributed by atoms with Gasteiger partial charge in [-0.15, -0.1) is 0 Å². The molecule has 1 aliphatic carbocycles. The van der Waals surface area contributed by atoms with Crippen molar-refractivity contribution >= 4 is 11.6 Å². The number of rotatable bonds is 5. The molecule has 132 valence electrons. The Kier molecular flexibility index (Phi) is 4.98. The third-order valence-corrected chi connectivity index (χ3v) is 6.00. The Morgan fingerprint density at radius 3 is 2.84 bits per heavy atom. The number of nitrogens with one attached hydrogen (secondary N) is 2. The minimum Gasteiger partial charge on any atom is -0.496 e. The van der Waals surface area contributed by atoms with Gasteiger partial charge in [0, 0.05) is 35.1 Å². The standard InChI is InChI=1S/C21H25ClN2O/c1-25-19-8-7-17(22)11-16(19)13-24-18-12-15-9-10-23-21(15)20(18)14-5-3-2-4-6-14/h2-8,11,15,18,20-21,23-24H,9-10,12-13H2,1H3. The van der Waals surface area contributed by atoms with Crippen LogP contribution in [0.4, 0.5) is 0 Å². The molecule has 2 fully saturated rings. The van der Waals surface area contributed by atoms with Gasteiger partial charge in [-0.2, -0.15) is 0 Å². The molecule has 4 unspecified atom stereocenters. The Hall–Kier alpha value is -1.55. The molecule has 2 aromatic rings. The molecular weight excluding hydrogens is 332 g/mol. The number of halogens is 1. The van der Waals surface area contributed by atoms with Crippen molar-refractivity contribution in [2.45, 2.75) is 37.4 Å². The lowest BCUT2D eigenvalue weighted by Crippen LogP contribution is -2.38. The van der Waals surface area contributed by atoms with Gasteiger partial charge in [-0.05, 0) is 49.1 Å². The largest absolute Gasteiger partial charge is 0.496 e. The molecule has 0 spiro atoms. The molecular formula is C21H25ClN2O. The van der Waals surface area contributed by atoms with Gasteiger partial charge < -0.3 is 15.4 Å². The van der Waals surface area contributed by atoms with E-state index in [1.165, 1.54) is 18.4 Å². The van der Waals surface area contributed by atoms with E-state index in [2.05, 4.69) is 41.0 Å². The Morgan fingerprint density at radius 1 is 1.20 bits per heavy atom. The molecule has 4 rings (SSSR count). The Morgan fingerprint density at radius 2 is 2.04 bits per heavy atom. The van der Waals surface area contributed by atoms with Crippen molar-refractivity contribution in [3.05, 3.63) is 64.7 Å². The average Bonchev–Trinajstić information content (AvgIpc) is 3.21. The number of benzene rings is 2. The molecule has 4 heteroatoms. The first kappa shape index (κ1) is 16.9. The minimum atomic E-state index is 0.467. The van der Waals surface area contributed by atoms with Crippen molar-refractivity contribution < 1.29 is 4.74 Å². The topological polar surface area (TPSA) is 33.3 Å². The van der Waals surface area contributed by atoms with E-state index in [1.54, 1.807) is 7.11 Å². The van der Waals surface area contributed by atoms with Crippen molar-refractivity contribution in [2.24, 2.45) is 5.92 Å². The Bertz CT molecular complexity index is 721. The summed E-state index contributed by atoms with van der Waals surface area (Å²) in [4.78, 5) is 0. The monoisotopic (exact) mass is 356 g/mol. The van der Waals surface area contributed by atoms with E-state index in [0.29, 0.717) is 18.0 Å². The summed E-state index contributed by atoms with van der Waals surface area (Å²) in [6.07, 6.45) is 2.51. The summed E-state index contributed by atoms with van der Waals surface area (Å²) >= 11 is 6.18. The minimum absolute atomic E-state index is 0.467. The van der Waals surface area contributed by atoms with Gasteiger partial charge in [0.15, 0.2) is 0 Å². The average molecular weight is 357 g/mol. The first-order valence-corrected chi connectivity index (χ1v) is 9.48. The second-order valence-corrected chi connectivity index (χ2v) is 7.58. The Balaban J connectivity index is 1.54. The SMILES string of the molecule is COc1ccc(Cl)cc1CNC1CC2CCNC2C1c1ccccc1. The molecule has 1 aliphatic heterocycles. The summed E-state index contributed by atoms with van der Waals surface area (Å²) in [6.45, 7) is 1.92. The zero-order valence-corrected chi connectivity index (χ0v) is 15.3. The van der Waals surface area contributed by atoms with Gasteiger partial charge in [0.1, 0.15) is 5.75 Å². The maximum absolute atomic E-state index is 6.18. The van der Waals surface area contributed by atoms with E-state index in [-0.39, 0.29) is 0 Å². The molecule has 0 aromatic heterocycles. The maximum atomic E-state index is 6.18. The molecule has 0 radical (unpaired) electrons. The van der Waals surface area contributed by atoms with Gasteiger partial charge in [0.25, 0.3) is 0 Å². The summed E-state index contributed by atoms with van der Waals surface area (Å²) in [6, 6.07) is 17.8. The van der Waals surface area contributed by atoms with Gasteiger partial charge in [0.05, 0.1) is 7.11 Å². The van der Waals surface area contributed by atoms with Crippen LogP contribution in [0.2, 0.25) is 5.02 Å². The van der Waals surface area contributed by atoms with E-state index in [9.17, 15) is 0 Å². The predicted molar refractivity (Wildman–Crippen MR) is 102 cm³/mol. The normalized spacial score (nSPS) is 28.1. The van der Waals surface area contributed by atoms with Gasteiger partial charge in [0.2, 0.25) is 0 Å². The second-order valence-electron chi connectivity index (χ2n) is 7.14. The molecule has 1 saturated heterocycles. The predicted octanol–water partition coefficient (Wildman–Crippen LogP) is 3.97. The number of fused-ring (bicyclic) bond motifs is 1. The van der Waals surface area contributed by atoms with Gasteiger partial charge in [-0.3, -0.25) is 0 Å². The van der Waals surface area contributed by atoms with E-state index in [1.807, 2.05) is 18.2 Å². The van der Waals surface area contributed by atoms with Gasteiger partial charge >= 0.3 is 0 Å². The summed E-state index contributed by atoms with van der Waals surface area (Å²) in [5.74, 6) is 2.17. The van der Waals surface area contributed by atoms with Crippen LogP contribution in [0.1, 0.15) is 29.9 Å². The zero-order valence-electron chi connectivity index (χ0n) is 14.5. The van der Waals surface area contributed by atoms with Crippen LogP contribution in [0, 0.1) is 5.92 Å². The number of hydrogen-bond donors (Lipinski definition) is 2. The lowest BCUT2D eigenvalue weighted by Gasteiger charge is -2.26. The van der Waals surface area contributed by atoms with Crippen LogP contribution in [0.15, 0.2) is 48.5 Å². The van der Waals surface area contributed by atoms with Crippen molar-refractivity contribution in [1.82, 2.24) is 10.6 Å². The van der Waals surface area contributed by atoms with Crippen LogP contribution in [0.3, 0.4) is 0 Å². The smallest absolute Gasteiger partial charge is 0.123 e. The van der Waals surface area contributed by atoms with Crippen molar-refractivity contribution in [2.75, 3.05) is 13.7 Å². The number of ether oxygens (including phenoxy) is 1. The maximum Gasteiger partial charge on any atom is 0.123 e. The third kappa shape index (κ3) is 3.41. The summed E-state index contributed by atoms with van der Waals surface area (Å²) < 4.78 is 5.49. The van der Waals surface area contributed by atoms with Crippen molar-refractivity contribution in [3.8, 4) is 5.75 Å². The zero-order chi connectivity index (χ0) is 17.2. The van der Waals surface area contributed by atoms with Gasteiger partial charge in [-0.1, -0.05) is 41.9 Å². The molecule has 2 N–H and O–H groups in total. The van der Waals surface area contributed by atoms with E-state index < -0.39 is 0 Å². The summed E-state index contributed by atoms with van der Waals surface area (Å²) in [5.41, 5.74) is 2.55. The van der Waals surface area contributed by atoms with Crippen LogP contribution in [-0.2, 0) is 6.54 Å². The van der Waals surface area contributed by atoms with Crippen LogP contribution < -0.4 is 15.4 Å². The molecule has 0 bridgehead atoms. The first-order chi connectivity index (χ1) is 12.3. The highest BCUT2D eigenvalue weighted by molar-refractivity contribution is 6.30. The first-order valence-electron chi connectivity index (χ1n) is 9.10. The van der Waals surface area contributed by atoms with Crippen LogP contribution >= 0.6 is 11.6 Å². The highest BCUT2D eigenvalue weighted by Crippen LogP contribution is 2.43. The highest BCUT2D eigenvalue weighted by Gasteiger charge is 2.45. The lowest BCUT2D eigenvalue weighted by molar-refractivity contribution is 0.398. The summed E-state index contributed by atoms with van der Waals surface area (Å²) in [7, 11) is 1.71. The lowest BCUT2D eigenvalue weighted by atomic mass is 9.90. The Labute approximate surface area is 154 Å². The van der Waals surface area contributed by atoms with Crippen LogP contribution in [0.5, 0.6) is 5.75 Å². The van der Waals surface area contributed by atoms with Gasteiger partial charge in [-0.25, -0.2) is 0 Å². The second kappa shape index (κ2) is 7.36. The number of methoxy groups -OCH3 is 1. The highest BCUT2D eigenvalue weighted by atomic mass is 35.5. The van der Waals surface area contributed by atoms with Crippen molar-refractivity contribution in [1.29, 1.82) is 0 Å². The van der Waals surface area contributed by atoms with Crippen molar-refractivity contribution in [3.63, 3.8) is 0 Å². The van der Waals surface area contributed by atoms with Crippen LogP contribution in [0.25, 0.3) is 0 Å². The fourth-order valence-corrected chi connectivity index (χ4v) is 4.84. The molecule has 4 atom stereocenters. The van der Waals surface area contributed by atoms with E-state index in [0.717, 1.165) is 35.3 Å². The van der Waals surface area contributed by atoms with E-state index >= 15 is 0 Å². The van der Waals surface area contributed by atoms with E-state index in [4.69, 9.17) is 16.3 Å². The molecule has 3 nitrogen and oxygen atoms in total. The fourth-order valence-electron chi connectivity index (χ4n) is 4.64. The molecule has 2 aliphatic rings. The number of hydrogen-bond acceptors (Lipinski definition) is 3. The molecule has 2 aromatic carbocycles. The van der Waals surface area contributed by atoms with Crippen LogP contribution in [-0.4, -0.2) is 25.7 Å². The molecule has 25 heavy (non-hydrogen) atoms.